The number of esters is 3. The standard InChI is InChI=1S/C55H106O6/c1-6-8-9-10-11-12-21-25-30-35-40-45-53(56)59-48-52(61-55(58)47-42-37-32-27-28-33-38-43-50(3)4)49-60-54(57)46-41-36-31-26-23-20-18-16-14-13-15-17-19-22-24-29-34-39-44-51(5)7-2/h50-52H,6-49H2,1-5H3/t51?,52-/m1/s1. The van der Waals surface area contributed by atoms with Crippen molar-refractivity contribution in [2.24, 2.45) is 11.8 Å². The van der Waals surface area contributed by atoms with Crippen LogP contribution in [0.1, 0.15) is 304 Å². The van der Waals surface area contributed by atoms with E-state index in [4.69, 9.17) is 14.2 Å². The monoisotopic (exact) mass is 863 g/mol. The lowest BCUT2D eigenvalue weighted by Gasteiger charge is -2.18. The first-order valence-corrected chi connectivity index (χ1v) is 27.3. The average molecular weight is 863 g/mol. The molecule has 6 nitrogen and oxygen atoms in total. The summed E-state index contributed by atoms with van der Waals surface area (Å²) in [5.41, 5.74) is 0. The first-order valence-electron chi connectivity index (χ1n) is 27.3. The first kappa shape index (κ1) is 59.4. The van der Waals surface area contributed by atoms with Crippen LogP contribution in [0.2, 0.25) is 0 Å². The van der Waals surface area contributed by atoms with E-state index in [9.17, 15) is 14.4 Å². The molecule has 0 heterocycles. The summed E-state index contributed by atoms with van der Waals surface area (Å²) < 4.78 is 16.8. The largest absolute Gasteiger partial charge is 0.462 e. The minimum absolute atomic E-state index is 0.0641. The van der Waals surface area contributed by atoms with E-state index < -0.39 is 6.10 Å². The molecule has 0 bridgehead atoms. The SMILES string of the molecule is CCCCCCCCCCCCCC(=O)OC[C@H](COC(=O)CCCCCCCCCCCCCCCCCCCCC(C)CC)OC(=O)CCCCCCCCCC(C)C. The molecule has 0 aromatic rings. The number of hydrogen-bond acceptors (Lipinski definition) is 6. The van der Waals surface area contributed by atoms with Crippen LogP contribution >= 0.6 is 0 Å². The molecule has 0 radical (unpaired) electrons. The van der Waals surface area contributed by atoms with Crippen LogP contribution in [0.4, 0.5) is 0 Å². The second-order valence-electron chi connectivity index (χ2n) is 19.6. The van der Waals surface area contributed by atoms with Gasteiger partial charge in [0.2, 0.25) is 0 Å². The van der Waals surface area contributed by atoms with Crippen LogP contribution in [0.5, 0.6) is 0 Å². The molecule has 0 aliphatic rings. The quantitative estimate of drug-likeness (QED) is 0.0344. The maximum absolute atomic E-state index is 12.7. The fraction of sp³-hybridized carbons (Fsp3) is 0.945. The fourth-order valence-corrected chi connectivity index (χ4v) is 8.31. The Morgan fingerprint density at radius 3 is 0.934 bits per heavy atom. The van der Waals surface area contributed by atoms with E-state index >= 15 is 0 Å². The lowest BCUT2D eigenvalue weighted by Crippen LogP contribution is -2.30. The van der Waals surface area contributed by atoms with Gasteiger partial charge in [0.15, 0.2) is 6.10 Å². The molecule has 1 unspecified atom stereocenters. The minimum atomic E-state index is -0.761. The van der Waals surface area contributed by atoms with Crippen LogP contribution in [0, 0.1) is 11.8 Å². The van der Waals surface area contributed by atoms with Crippen molar-refractivity contribution < 1.29 is 28.6 Å². The smallest absolute Gasteiger partial charge is 0.306 e. The van der Waals surface area contributed by atoms with Gasteiger partial charge in [-0.15, -0.1) is 0 Å². The van der Waals surface area contributed by atoms with Gasteiger partial charge in [-0.25, -0.2) is 0 Å². The molecule has 2 atom stereocenters. The Morgan fingerprint density at radius 1 is 0.344 bits per heavy atom. The highest BCUT2D eigenvalue weighted by atomic mass is 16.6. The topological polar surface area (TPSA) is 78.9 Å². The summed E-state index contributed by atoms with van der Waals surface area (Å²) >= 11 is 0. The van der Waals surface area contributed by atoms with Crippen molar-refractivity contribution >= 4 is 17.9 Å². The average Bonchev–Trinajstić information content (AvgIpc) is 3.24. The Bertz CT molecular complexity index is 933. The van der Waals surface area contributed by atoms with Crippen molar-refractivity contribution in [1.29, 1.82) is 0 Å². The predicted octanol–water partition coefficient (Wildman–Crippen LogP) is 17.7. The fourth-order valence-electron chi connectivity index (χ4n) is 8.31. The van der Waals surface area contributed by atoms with Gasteiger partial charge in [0.1, 0.15) is 13.2 Å². The zero-order valence-electron chi connectivity index (χ0n) is 41.8. The second kappa shape index (κ2) is 47.9. The zero-order chi connectivity index (χ0) is 44.7. The van der Waals surface area contributed by atoms with Gasteiger partial charge in [0.05, 0.1) is 0 Å². The van der Waals surface area contributed by atoms with E-state index in [-0.39, 0.29) is 31.1 Å². The van der Waals surface area contributed by atoms with Crippen LogP contribution in [-0.2, 0) is 28.6 Å². The molecule has 0 rings (SSSR count). The van der Waals surface area contributed by atoms with E-state index in [1.165, 1.54) is 193 Å². The summed E-state index contributed by atoms with van der Waals surface area (Å²) in [6, 6.07) is 0. The number of unbranched alkanes of at least 4 members (excludes halogenated alkanes) is 33. The molecule has 0 aromatic heterocycles. The van der Waals surface area contributed by atoms with E-state index in [1.54, 1.807) is 0 Å². The number of carbonyl (C=O) groups is 3. The molecule has 0 spiro atoms. The van der Waals surface area contributed by atoms with E-state index in [2.05, 4.69) is 34.6 Å². The maximum Gasteiger partial charge on any atom is 0.306 e. The molecule has 0 saturated heterocycles. The van der Waals surface area contributed by atoms with Crippen molar-refractivity contribution in [1.82, 2.24) is 0 Å². The third-order valence-corrected chi connectivity index (χ3v) is 12.8. The molecule has 0 aromatic carbocycles. The molecule has 0 amide bonds. The molecule has 0 saturated carbocycles. The van der Waals surface area contributed by atoms with Crippen molar-refractivity contribution in [3.8, 4) is 0 Å². The van der Waals surface area contributed by atoms with Crippen LogP contribution in [0.3, 0.4) is 0 Å². The van der Waals surface area contributed by atoms with Gasteiger partial charge in [-0.2, -0.15) is 0 Å². The van der Waals surface area contributed by atoms with Crippen LogP contribution in [0.15, 0.2) is 0 Å². The molecule has 0 aliphatic heterocycles. The van der Waals surface area contributed by atoms with Crippen molar-refractivity contribution in [3.05, 3.63) is 0 Å². The zero-order valence-corrected chi connectivity index (χ0v) is 41.8. The minimum Gasteiger partial charge on any atom is -0.462 e. The number of rotatable bonds is 49. The Balaban J connectivity index is 4.16. The predicted molar refractivity (Wildman–Crippen MR) is 261 cm³/mol. The second-order valence-corrected chi connectivity index (χ2v) is 19.6. The summed E-state index contributed by atoms with van der Waals surface area (Å²) in [6.07, 6.45) is 49.6. The summed E-state index contributed by atoms with van der Waals surface area (Å²) in [4.78, 5) is 37.9. The summed E-state index contributed by atoms with van der Waals surface area (Å²) in [5, 5.41) is 0. The Labute approximate surface area is 380 Å². The Morgan fingerprint density at radius 2 is 0.623 bits per heavy atom. The molecule has 61 heavy (non-hydrogen) atoms. The van der Waals surface area contributed by atoms with Gasteiger partial charge >= 0.3 is 17.9 Å². The lowest BCUT2D eigenvalue weighted by atomic mass is 9.99. The summed E-state index contributed by atoms with van der Waals surface area (Å²) in [6.45, 7) is 11.4. The number of carbonyl (C=O) groups excluding carboxylic acids is 3. The van der Waals surface area contributed by atoms with Gasteiger partial charge in [-0.1, -0.05) is 266 Å². The van der Waals surface area contributed by atoms with Crippen molar-refractivity contribution in [2.45, 2.75) is 310 Å². The molecule has 0 aliphatic carbocycles. The Kier molecular flexibility index (Phi) is 46.6. The van der Waals surface area contributed by atoms with Gasteiger partial charge < -0.3 is 14.2 Å². The molecule has 6 heteroatoms. The Hall–Kier alpha value is -1.59. The summed E-state index contributed by atoms with van der Waals surface area (Å²) in [5.74, 6) is 0.838. The number of ether oxygens (including phenoxy) is 3. The van der Waals surface area contributed by atoms with E-state index in [0.29, 0.717) is 19.3 Å². The van der Waals surface area contributed by atoms with Crippen LogP contribution in [0.25, 0.3) is 0 Å². The molecular formula is C55H106O6. The molecule has 0 N–H and O–H groups in total. The van der Waals surface area contributed by atoms with Crippen LogP contribution in [-0.4, -0.2) is 37.2 Å². The highest BCUT2D eigenvalue weighted by Crippen LogP contribution is 2.18. The van der Waals surface area contributed by atoms with Crippen molar-refractivity contribution in [2.75, 3.05) is 13.2 Å². The third kappa shape index (κ3) is 47.7. The third-order valence-electron chi connectivity index (χ3n) is 12.8. The van der Waals surface area contributed by atoms with E-state index in [0.717, 1.165) is 69.6 Å². The highest BCUT2D eigenvalue weighted by Gasteiger charge is 2.19. The van der Waals surface area contributed by atoms with Gasteiger partial charge in [-0.05, 0) is 31.1 Å². The normalized spacial score (nSPS) is 12.5. The van der Waals surface area contributed by atoms with Gasteiger partial charge in [-0.3, -0.25) is 14.4 Å². The highest BCUT2D eigenvalue weighted by molar-refractivity contribution is 5.71. The number of hydrogen-bond donors (Lipinski definition) is 0. The summed E-state index contributed by atoms with van der Waals surface area (Å²) in [7, 11) is 0. The van der Waals surface area contributed by atoms with Crippen LogP contribution < -0.4 is 0 Å². The lowest BCUT2D eigenvalue weighted by molar-refractivity contribution is -0.167. The molecule has 362 valence electrons. The maximum atomic E-state index is 12.7. The van der Waals surface area contributed by atoms with E-state index in [1.807, 2.05) is 0 Å². The van der Waals surface area contributed by atoms with Crippen molar-refractivity contribution in [3.63, 3.8) is 0 Å². The first-order chi connectivity index (χ1) is 29.8. The molecule has 0 fully saturated rings. The van der Waals surface area contributed by atoms with Gasteiger partial charge in [0, 0.05) is 19.3 Å². The van der Waals surface area contributed by atoms with Gasteiger partial charge in [0.25, 0.3) is 0 Å². The molecular weight excluding hydrogens is 757 g/mol.